The van der Waals surface area contributed by atoms with E-state index in [0.29, 0.717) is 44.9 Å². The van der Waals surface area contributed by atoms with Crippen LogP contribution < -0.4 is 4.90 Å². The number of Topliss-reactive ketones (excluding diaryl/α,β-unsaturated/α-hetero) is 1. The van der Waals surface area contributed by atoms with Gasteiger partial charge in [-0.1, -0.05) is 60.5 Å². The summed E-state index contributed by atoms with van der Waals surface area (Å²) in [6, 6.07) is 21.6. The maximum Gasteiger partial charge on any atom is 0.339 e. The minimum atomic E-state index is -0.979. The van der Waals surface area contributed by atoms with Crippen molar-refractivity contribution in [1.82, 2.24) is 4.98 Å². The average molecular weight is 575 g/mol. The normalized spacial score (nSPS) is 20.7. The Morgan fingerprint density at radius 1 is 0.860 bits per heavy atom. The Labute approximate surface area is 250 Å². The molecule has 1 aromatic heterocycles. The highest BCUT2D eigenvalue weighted by Gasteiger charge is 2.49. The molecule has 0 spiro atoms. The minimum absolute atomic E-state index is 0.117. The summed E-state index contributed by atoms with van der Waals surface area (Å²) in [7, 11) is 0. The number of hydrogen-bond acceptors (Lipinski definition) is 6. The number of pyridine rings is 1. The monoisotopic (exact) mass is 574 g/mol. The maximum absolute atomic E-state index is 13.5. The summed E-state index contributed by atoms with van der Waals surface area (Å²) < 4.78 is 5.69. The third kappa shape index (κ3) is 5.36. The van der Waals surface area contributed by atoms with Gasteiger partial charge in [0, 0.05) is 16.5 Å². The Morgan fingerprint density at radius 2 is 1.53 bits per heavy atom. The molecule has 1 saturated carbocycles. The molecule has 0 N–H and O–H groups in total. The molecular weight excluding hydrogens is 540 g/mol. The maximum atomic E-state index is 13.5. The van der Waals surface area contributed by atoms with Crippen LogP contribution in [0.5, 0.6) is 0 Å². The van der Waals surface area contributed by atoms with Crippen molar-refractivity contribution < 1.29 is 23.9 Å². The lowest BCUT2D eigenvalue weighted by atomic mass is 9.76. The molecular formula is C36H34N2O5. The van der Waals surface area contributed by atoms with Crippen LogP contribution in [0.3, 0.4) is 0 Å². The van der Waals surface area contributed by atoms with Crippen LogP contribution in [-0.2, 0) is 14.3 Å². The number of ketones is 1. The van der Waals surface area contributed by atoms with Crippen molar-refractivity contribution >= 4 is 40.2 Å². The number of anilines is 1. The van der Waals surface area contributed by atoms with Gasteiger partial charge in [0.1, 0.15) is 0 Å². The number of imide groups is 1. The molecule has 6 rings (SSSR count). The van der Waals surface area contributed by atoms with Gasteiger partial charge in [-0.3, -0.25) is 19.3 Å². The smallest absolute Gasteiger partial charge is 0.339 e. The lowest BCUT2D eigenvalue weighted by Crippen LogP contribution is -2.30. The highest BCUT2D eigenvalue weighted by Crippen LogP contribution is 2.42. The molecule has 0 unspecified atom stereocenters. The fraction of sp³-hybridized carbons (Fsp3) is 0.306. The van der Waals surface area contributed by atoms with E-state index < -0.39 is 12.1 Å². The van der Waals surface area contributed by atoms with E-state index >= 15 is 0 Å². The van der Waals surface area contributed by atoms with Gasteiger partial charge in [0.05, 0.1) is 34.3 Å². The standard InChI is InChI=1S/C36H34N2O5/c1-20-5-9-25(10-6-20)33(39)23(4)43-36(42)30-19-32(37-31-16-8-22(3)17-28(30)31)24-11-13-26(14-12-24)38-34(40)27-15-7-21(2)18-29(27)35(38)41/h5-6,8-14,16-17,19,21,23,27,29H,7,15,18H2,1-4H3/t21-,23+,27-,29+/m1/s1. The van der Waals surface area contributed by atoms with Crippen molar-refractivity contribution in [2.75, 3.05) is 4.90 Å². The zero-order chi connectivity index (χ0) is 30.4. The summed E-state index contributed by atoms with van der Waals surface area (Å²) in [4.78, 5) is 59.0. The van der Waals surface area contributed by atoms with Crippen LogP contribution in [-0.4, -0.2) is 34.7 Å². The molecule has 7 heteroatoms. The largest absolute Gasteiger partial charge is 0.451 e. The van der Waals surface area contributed by atoms with E-state index in [9.17, 15) is 19.2 Å². The highest BCUT2D eigenvalue weighted by molar-refractivity contribution is 6.22. The molecule has 2 heterocycles. The van der Waals surface area contributed by atoms with E-state index in [-0.39, 0.29) is 29.4 Å². The van der Waals surface area contributed by atoms with Gasteiger partial charge in [0.15, 0.2) is 6.10 Å². The van der Waals surface area contributed by atoms with Crippen molar-refractivity contribution in [3.05, 3.63) is 95.1 Å². The SMILES string of the molecule is Cc1ccc(C(=O)[C@H](C)OC(=O)c2cc(-c3ccc(N4C(=O)[C@H]5C[C@H](C)CC[C@H]5C4=O)cc3)nc3ccc(C)cc23)cc1. The van der Waals surface area contributed by atoms with E-state index in [0.717, 1.165) is 30.4 Å². The molecule has 2 fully saturated rings. The molecule has 43 heavy (non-hydrogen) atoms. The lowest BCUT2D eigenvalue weighted by Gasteiger charge is -2.25. The molecule has 2 aliphatic rings. The van der Waals surface area contributed by atoms with Crippen LogP contribution in [0.1, 0.15) is 65.0 Å². The second-order valence-electron chi connectivity index (χ2n) is 12.0. The number of nitrogens with zero attached hydrogens (tertiary/aromatic N) is 2. The van der Waals surface area contributed by atoms with Gasteiger partial charge in [0.2, 0.25) is 17.6 Å². The fourth-order valence-corrected chi connectivity index (χ4v) is 6.31. The second-order valence-corrected chi connectivity index (χ2v) is 12.0. The summed E-state index contributed by atoms with van der Waals surface area (Å²) in [6.45, 7) is 7.58. The first-order chi connectivity index (χ1) is 20.6. The van der Waals surface area contributed by atoms with Crippen LogP contribution in [0.4, 0.5) is 5.69 Å². The van der Waals surface area contributed by atoms with Crippen LogP contribution >= 0.6 is 0 Å². The Morgan fingerprint density at radius 3 is 2.26 bits per heavy atom. The van der Waals surface area contributed by atoms with Gasteiger partial charge in [-0.25, -0.2) is 9.78 Å². The summed E-state index contributed by atoms with van der Waals surface area (Å²) in [5, 5.41) is 0.630. The van der Waals surface area contributed by atoms with Gasteiger partial charge < -0.3 is 4.74 Å². The molecule has 0 bridgehead atoms. The van der Waals surface area contributed by atoms with E-state index in [1.807, 2.05) is 56.3 Å². The van der Waals surface area contributed by atoms with E-state index in [1.165, 1.54) is 4.90 Å². The first-order valence-corrected chi connectivity index (χ1v) is 14.8. The third-order valence-electron chi connectivity index (χ3n) is 8.78. The van der Waals surface area contributed by atoms with E-state index in [4.69, 9.17) is 9.72 Å². The summed E-state index contributed by atoms with van der Waals surface area (Å²) in [6.07, 6.45) is 1.48. The molecule has 3 aromatic carbocycles. The number of ether oxygens (including phenoxy) is 1. The molecule has 1 aliphatic heterocycles. The van der Waals surface area contributed by atoms with Gasteiger partial charge in [-0.15, -0.1) is 0 Å². The first kappa shape index (κ1) is 28.5. The van der Waals surface area contributed by atoms with Crippen LogP contribution in [0.2, 0.25) is 0 Å². The highest BCUT2D eigenvalue weighted by atomic mass is 16.5. The van der Waals surface area contributed by atoms with Gasteiger partial charge in [-0.05, 0) is 76.3 Å². The predicted molar refractivity (Wildman–Crippen MR) is 165 cm³/mol. The number of esters is 1. The zero-order valence-electron chi connectivity index (χ0n) is 24.8. The number of benzene rings is 3. The molecule has 4 aromatic rings. The molecule has 1 aliphatic carbocycles. The number of hydrogen-bond donors (Lipinski definition) is 0. The zero-order valence-corrected chi connectivity index (χ0v) is 24.8. The molecule has 1 saturated heterocycles. The second kappa shape index (κ2) is 11.2. The van der Waals surface area contributed by atoms with Crippen LogP contribution in [0.25, 0.3) is 22.2 Å². The number of carbonyl (C=O) groups is 4. The van der Waals surface area contributed by atoms with Crippen LogP contribution in [0.15, 0.2) is 72.8 Å². The predicted octanol–water partition coefficient (Wildman–Crippen LogP) is 6.87. The number of fused-ring (bicyclic) bond motifs is 2. The Balaban J connectivity index is 1.29. The molecule has 0 radical (unpaired) electrons. The van der Waals surface area contributed by atoms with Crippen molar-refractivity contribution in [1.29, 1.82) is 0 Å². The topological polar surface area (TPSA) is 93.6 Å². The average Bonchev–Trinajstić information content (AvgIpc) is 3.25. The van der Waals surface area contributed by atoms with Crippen molar-refractivity contribution in [3.8, 4) is 11.3 Å². The minimum Gasteiger partial charge on any atom is -0.451 e. The summed E-state index contributed by atoms with van der Waals surface area (Å²) in [5.74, 6) is -1.17. The number of carbonyl (C=O) groups excluding carboxylic acids is 4. The summed E-state index contributed by atoms with van der Waals surface area (Å²) >= 11 is 0. The van der Waals surface area contributed by atoms with Crippen molar-refractivity contribution in [3.63, 3.8) is 0 Å². The Hall–Kier alpha value is -4.65. The third-order valence-corrected chi connectivity index (χ3v) is 8.78. The number of aromatic nitrogens is 1. The van der Waals surface area contributed by atoms with Crippen molar-refractivity contribution in [2.45, 2.75) is 53.1 Å². The van der Waals surface area contributed by atoms with Gasteiger partial charge >= 0.3 is 5.97 Å². The molecule has 4 atom stereocenters. The van der Waals surface area contributed by atoms with Crippen LogP contribution in [0, 0.1) is 31.6 Å². The molecule has 7 nitrogen and oxygen atoms in total. The lowest BCUT2D eigenvalue weighted by molar-refractivity contribution is -0.122. The number of aryl methyl sites for hydroxylation is 2. The molecule has 218 valence electrons. The number of amides is 2. The number of rotatable bonds is 6. The quantitative estimate of drug-likeness (QED) is 0.142. The Bertz CT molecular complexity index is 1760. The van der Waals surface area contributed by atoms with Crippen molar-refractivity contribution in [2.24, 2.45) is 17.8 Å². The van der Waals surface area contributed by atoms with Gasteiger partial charge in [0.25, 0.3) is 0 Å². The molecule has 2 amide bonds. The Kier molecular flexibility index (Phi) is 7.42. The van der Waals surface area contributed by atoms with Gasteiger partial charge in [-0.2, -0.15) is 0 Å². The van der Waals surface area contributed by atoms with E-state index in [1.54, 1.807) is 37.3 Å². The first-order valence-electron chi connectivity index (χ1n) is 14.8. The fourth-order valence-electron chi connectivity index (χ4n) is 6.31. The summed E-state index contributed by atoms with van der Waals surface area (Å²) in [5.41, 5.74) is 5.18. The van der Waals surface area contributed by atoms with E-state index in [2.05, 4.69) is 6.92 Å².